The molecule has 192 valence electrons. The lowest BCUT2D eigenvalue weighted by atomic mass is 10.1. The zero-order valence-electron chi connectivity index (χ0n) is 21.2. The van der Waals surface area contributed by atoms with E-state index in [-0.39, 0.29) is 18.6 Å². The van der Waals surface area contributed by atoms with Crippen molar-refractivity contribution < 1.29 is 23.7 Å². The second kappa shape index (κ2) is 11.9. The van der Waals surface area contributed by atoms with Crippen molar-refractivity contribution in [3.05, 3.63) is 65.7 Å². The molecule has 0 bridgehead atoms. The van der Waals surface area contributed by atoms with Crippen LogP contribution in [-0.4, -0.2) is 77.5 Å². The van der Waals surface area contributed by atoms with E-state index in [2.05, 4.69) is 15.0 Å². The first-order chi connectivity index (χ1) is 17.5. The lowest BCUT2D eigenvalue weighted by Gasteiger charge is -2.25. The van der Waals surface area contributed by atoms with Crippen LogP contribution in [0.15, 0.2) is 49.1 Å². The summed E-state index contributed by atoms with van der Waals surface area (Å²) in [5.41, 5.74) is 2.86. The summed E-state index contributed by atoms with van der Waals surface area (Å²) in [6.07, 6.45) is 7.05. The van der Waals surface area contributed by atoms with Crippen LogP contribution in [0, 0.1) is 0 Å². The van der Waals surface area contributed by atoms with Gasteiger partial charge in [0.1, 0.15) is 5.75 Å². The molecule has 0 unspecified atom stereocenters. The number of benzene rings is 1. The normalized spacial score (nSPS) is 16.6. The monoisotopic (exact) mass is 495 g/mol. The Labute approximate surface area is 211 Å². The zero-order valence-corrected chi connectivity index (χ0v) is 21.2. The highest BCUT2D eigenvalue weighted by Crippen LogP contribution is 2.35. The van der Waals surface area contributed by atoms with Gasteiger partial charge in [0.05, 0.1) is 46.8 Å². The number of amides is 1. The van der Waals surface area contributed by atoms with Gasteiger partial charge in [-0.15, -0.1) is 0 Å². The number of rotatable bonds is 10. The van der Waals surface area contributed by atoms with Crippen molar-refractivity contribution in [3.63, 3.8) is 0 Å². The van der Waals surface area contributed by atoms with Gasteiger partial charge >= 0.3 is 0 Å². The van der Waals surface area contributed by atoms with Gasteiger partial charge in [-0.2, -0.15) is 5.10 Å². The molecule has 0 aliphatic carbocycles. The third kappa shape index (κ3) is 6.32. The SMILES string of the molecule is COc1cc(OC)c(OC)cc1CN1CC(=O)N(Cc2cnn(C)c2)C[C@@H](OCc2cccnc2)C1. The van der Waals surface area contributed by atoms with Gasteiger partial charge in [-0.25, -0.2) is 0 Å². The third-order valence-corrected chi connectivity index (χ3v) is 6.12. The maximum Gasteiger partial charge on any atom is 0.237 e. The average Bonchev–Trinajstić information content (AvgIpc) is 3.24. The summed E-state index contributed by atoms with van der Waals surface area (Å²) in [5, 5.41) is 4.24. The van der Waals surface area contributed by atoms with Crippen molar-refractivity contribution in [2.75, 3.05) is 41.0 Å². The van der Waals surface area contributed by atoms with Gasteiger partial charge in [-0.1, -0.05) is 6.07 Å². The van der Waals surface area contributed by atoms with Crippen LogP contribution in [0.3, 0.4) is 0 Å². The Morgan fingerprint density at radius 2 is 1.75 bits per heavy atom. The quantitative estimate of drug-likeness (QED) is 0.423. The molecule has 4 rings (SSSR count). The molecule has 1 aliphatic heterocycles. The van der Waals surface area contributed by atoms with E-state index in [0.717, 1.165) is 16.7 Å². The summed E-state index contributed by atoms with van der Waals surface area (Å²) in [4.78, 5) is 21.4. The number of ether oxygens (including phenoxy) is 4. The van der Waals surface area contributed by atoms with Crippen molar-refractivity contribution in [2.24, 2.45) is 7.05 Å². The first kappa shape index (κ1) is 25.5. The van der Waals surface area contributed by atoms with Gasteiger partial charge in [0.15, 0.2) is 11.5 Å². The number of pyridine rings is 1. The van der Waals surface area contributed by atoms with Gasteiger partial charge in [0, 0.05) is 69.0 Å². The average molecular weight is 496 g/mol. The third-order valence-electron chi connectivity index (χ3n) is 6.12. The van der Waals surface area contributed by atoms with Crippen molar-refractivity contribution in [2.45, 2.75) is 25.8 Å². The van der Waals surface area contributed by atoms with Crippen LogP contribution in [0.25, 0.3) is 0 Å². The summed E-state index contributed by atoms with van der Waals surface area (Å²) in [5.74, 6) is 1.90. The zero-order chi connectivity index (χ0) is 25.5. The maximum absolute atomic E-state index is 13.3. The molecule has 0 radical (unpaired) electrons. The van der Waals surface area contributed by atoms with Gasteiger partial charge in [-0.05, 0) is 17.7 Å². The fraction of sp³-hybridized carbons (Fsp3) is 0.423. The van der Waals surface area contributed by atoms with Crippen LogP contribution in [0.2, 0.25) is 0 Å². The first-order valence-electron chi connectivity index (χ1n) is 11.8. The molecule has 1 aliphatic rings. The Morgan fingerprint density at radius 3 is 2.42 bits per heavy atom. The minimum Gasteiger partial charge on any atom is -0.496 e. The van der Waals surface area contributed by atoms with Crippen LogP contribution < -0.4 is 14.2 Å². The number of hydrogen-bond donors (Lipinski definition) is 0. The Kier molecular flexibility index (Phi) is 8.40. The molecular weight excluding hydrogens is 462 g/mol. The highest BCUT2D eigenvalue weighted by molar-refractivity contribution is 5.78. The first-order valence-corrected chi connectivity index (χ1v) is 11.8. The largest absolute Gasteiger partial charge is 0.496 e. The van der Waals surface area contributed by atoms with E-state index in [4.69, 9.17) is 18.9 Å². The number of nitrogens with zero attached hydrogens (tertiary/aromatic N) is 5. The summed E-state index contributed by atoms with van der Waals surface area (Å²) >= 11 is 0. The van der Waals surface area contributed by atoms with Crippen molar-refractivity contribution in [1.29, 1.82) is 0 Å². The van der Waals surface area contributed by atoms with Crippen LogP contribution in [0.5, 0.6) is 17.2 Å². The molecule has 10 nitrogen and oxygen atoms in total. The number of aryl methyl sites for hydroxylation is 1. The van der Waals surface area contributed by atoms with E-state index in [9.17, 15) is 4.79 Å². The number of carbonyl (C=O) groups excluding carboxylic acids is 1. The number of hydrogen-bond acceptors (Lipinski definition) is 8. The Balaban J connectivity index is 1.55. The summed E-state index contributed by atoms with van der Waals surface area (Å²) in [7, 11) is 6.67. The van der Waals surface area contributed by atoms with Crippen molar-refractivity contribution >= 4 is 5.91 Å². The molecule has 0 N–H and O–H groups in total. The molecule has 1 atom stereocenters. The molecule has 0 spiro atoms. The number of aromatic nitrogens is 3. The Hall–Kier alpha value is -3.63. The second-order valence-electron chi connectivity index (χ2n) is 8.78. The summed E-state index contributed by atoms with van der Waals surface area (Å²) < 4.78 is 24.6. The molecule has 1 aromatic carbocycles. The molecule has 1 fully saturated rings. The highest BCUT2D eigenvalue weighted by atomic mass is 16.5. The van der Waals surface area contributed by atoms with E-state index in [0.29, 0.717) is 50.0 Å². The van der Waals surface area contributed by atoms with E-state index in [1.807, 2.05) is 36.3 Å². The van der Waals surface area contributed by atoms with Crippen LogP contribution in [0.1, 0.15) is 16.7 Å². The van der Waals surface area contributed by atoms with Gasteiger partial charge in [0.25, 0.3) is 0 Å². The molecule has 3 heterocycles. The fourth-order valence-corrected chi connectivity index (χ4v) is 4.36. The van der Waals surface area contributed by atoms with Crippen LogP contribution in [0.4, 0.5) is 0 Å². The molecule has 1 saturated heterocycles. The predicted octanol–water partition coefficient (Wildman–Crippen LogP) is 2.27. The number of methoxy groups -OCH3 is 3. The lowest BCUT2D eigenvalue weighted by Crippen LogP contribution is -2.37. The van der Waals surface area contributed by atoms with Gasteiger partial charge < -0.3 is 23.8 Å². The molecular formula is C26H33N5O5. The fourth-order valence-electron chi connectivity index (χ4n) is 4.36. The minimum absolute atomic E-state index is 0.0331. The topological polar surface area (TPSA) is 91.2 Å². The lowest BCUT2D eigenvalue weighted by molar-refractivity contribution is -0.132. The molecule has 3 aromatic rings. The Morgan fingerprint density at radius 1 is 0.972 bits per heavy atom. The molecule has 36 heavy (non-hydrogen) atoms. The van der Waals surface area contributed by atoms with Crippen molar-refractivity contribution in [3.8, 4) is 17.2 Å². The molecule has 10 heteroatoms. The standard InChI is InChI=1S/C26H33N5O5/c1-29-12-20(11-28-29)13-31-16-22(36-18-19-6-5-7-27-10-19)15-30(17-26(31)32)14-21-8-24(34-3)25(35-4)9-23(21)33-2/h5-12,22H,13-18H2,1-4H3/t22-/m0/s1. The highest BCUT2D eigenvalue weighted by Gasteiger charge is 2.29. The predicted molar refractivity (Wildman–Crippen MR) is 133 cm³/mol. The maximum atomic E-state index is 13.3. The van der Waals surface area contributed by atoms with E-state index < -0.39 is 0 Å². The van der Waals surface area contributed by atoms with E-state index >= 15 is 0 Å². The second-order valence-corrected chi connectivity index (χ2v) is 8.78. The van der Waals surface area contributed by atoms with Gasteiger partial charge in [-0.3, -0.25) is 19.4 Å². The molecule has 2 aromatic heterocycles. The van der Waals surface area contributed by atoms with E-state index in [1.165, 1.54) is 0 Å². The molecule has 0 saturated carbocycles. The van der Waals surface area contributed by atoms with Crippen molar-refractivity contribution in [1.82, 2.24) is 24.6 Å². The van der Waals surface area contributed by atoms with Gasteiger partial charge in [0.2, 0.25) is 5.91 Å². The minimum atomic E-state index is -0.195. The summed E-state index contributed by atoms with van der Waals surface area (Å²) in [6.45, 7) is 2.70. The Bertz CT molecular complexity index is 1150. The smallest absolute Gasteiger partial charge is 0.237 e. The van der Waals surface area contributed by atoms with Crippen LogP contribution >= 0.6 is 0 Å². The van der Waals surface area contributed by atoms with Crippen LogP contribution in [-0.2, 0) is 36.3 Å². The van der Waals surface area contributed by atoms with E-state index in [1.54, 1.807) is 50.7 Å². The summed E-state index contributed by atoms with van der Waals surface area (Å²) in [6, 6.07) is 7.57. The number of carbonyl (C=O) groups is 1. The molecule has 1 amide bonds.